The number of fused-ring (bicyclic) bond motifs is 3. The Morgan fingerprint density at radius 2 is 2.13 bits per heavy atom. The highest BCUT2D eigenvalue weighted by Crippen LogP contribution is 2.26. The molecule has 4 N–H and O–H groups in total. The topological polar surface area (TPSA) is 102 Å². The van der Waals surface area contributed by atoms with Gasteiger partial charge in [-0.2, -0.15) is 0 Å². The Bertz CT molecular complexity index is 998. The van der Waals surface area contributed by atoms with Gasteiger partial charge in [0.15, 0.2) is 0 Å². The minimum Gasteiger partial charge on any atom is -0.346 e. The summed E-state index contributed by atoms with van der Waals surface area (Å²) in [6.45, 7) is -0.0531. The third-order valence-electron chi connectivity index (χ3n) is 3.69. The summed E-state index contributed by atoms with van der Waals surface area (Å²) in [5, 5.41) is 4.75. The fourth-order valence-corrected chi connectivity index (χ4v) is 2.63. The van der Waals surface area contributed by atoms with Crippen molar-refractivity contribution in [2.75, 3.05) is 11.9 Å². The highest BCUT2D eigenvalue weighted by molar-refractivity contribution is 6.03. The molecule has 0 aromatic carbocycles. The van der Waals surface area contributed by atoms with Crippen LogP contribution in [0, 0.1) is 0 Å². The molecule has 7 nitrogen and oxygen atoms in total. The van der Waals surface area contributed by atoms with Crippen molar-refractivity contribution >= 4 is 33.5 Å². The molecule has 0 unspecified atom stereocenters. The van der Waals surface area contributed by atoms with Gasteiger partial charge in [0.25, 0.3) is 0 Å². The summed E-state index contributed by atoms with van der Waals surface area (Å²) in [6.07, 6.45) is 7.28. The number of aromatic nitrogens is 4. The largest absolute Gasteiger partial charge is 0.346 e. The molecule has 0 aliphatic rings. The van der Waals surface area contributed by atoms with E-state index in [-0.39, 0.29) is 12.5 Å². The van der Waals surface area contributed by atoms with Crippen molar-refractivity contribution in [3.8, 4) is 5.82 Å². The van der Waals surface area contributed by atoms with E-state index >= 15 is 0 Å². The van der Waals surface area contributed by atoms with Gasteiger partial charge in [-0.1, -0.05) is 0 Å². The fraction of sp³-hybridized carbons (Fsp3) is 0.0625. The third kappa shape index (κ3) is 2.23. The average molecular weight is 306 g/mol. The third-order valence-corrected chi connectivity index (χ3v) is 3.69. The maximum absolute atomic E-state index is 11.3. The van der Waals surface area contributed by atoms with Gasteiger partial charge in [0.2, 0.25) is 5.91 Å². The minimum atomic E-state index is -0.244. The molecule has 4 aromatic heterocycles. The van der Waals surface area contributed by atoms with Crippen molar-refractivity contribution in [3.63, 3.8) is 0 Å². The van der Waals surface area contributed by atoms with Gasteiger partial charge in [-0.05, 0) is 24.3 Å². The van der Waals surface area contributed by atoms with Gasteiger partial charge in [-0.15, -0.1) is 0 Å². The molecule has 4 rings (SSSR count). The maximum atomic E-state index is 11.3. The van der Waals surface area contributed by atoms with Crippen molar-refractivity contribution < 1.29 is 4.79 Å². The number of anilines is 1. The second-order valence-electron chi connectivity index (χ2n) is 5.15. The van der Waals surface area contributed by atoms with E-state index in [1.54, 1.807) is 12.3 Å². The van der Waals surface area contributed by atoms with E-state index in [1.165, 1.54) is 0 Å². The normalized spacial score (nSPS) is 11.2. The molecular weight excluding hydrogens is 292 g/mol. The Balaban J connectivity index is 1.80. The van der Waals surface area contributed by atoms with Crippen LogP contribution in [0.4, 0.5) is 5.69 Å². The number of nitrogens with two attached hydrogens (primary N) is 1. The molecule has 0 spiro atoms. The lowest BCUT2D eigenvalue weighted by Crippen LogP contribution is -2.21. The number of hydrogen-bond acceptors (Lipinski definition) is 4. The van der Waals surface area contributed by atoms with Crippen LogP contribution < -0.4 is 11.1 Å². The molecule has 0 aliphatic carbocycles. The standard InChI is InChI=1S/C16H14N6O/c17-7-14(23)21-11-1-2-13(19-9-11)22-6-4-10-8-20-16-12(15(10)22)3-5-18-16/h1-6,8-9H,7,17H2,(H,18,20)(H,21,23). The molecule has 0 atom stereocenters. The van der Waals surface area contributed by atoms with Gasteiger partial charge in [0, 0.05) is 29.4 Å². The molecule has 0 aliphatic heterocycles. The van der Waals surface area contributed by atoms with Crippen LogP contribution in [0.2, 0.25) is 0 Å². The average Bonchev–Trinajstić information content (AvgIpc) is 3.21. The van der Waals surface area contributed by atoms with Crippen LogP contribution >= 0.6 is 0 Å². The Labute approximate surface area is 131 Å². The van der Waals surface area contributed by atoms with Crippen molar-refractivity contribution in [2.24, 2.45) is 5.73 Å². The first kappa shape index (κ1) is 13.5. The van der Waals surface area contributed by atoms with Gasteiger partial charge < -0.3 is 20.6 Å². The summed E-state index contributed by atoms with van der Waals surface area (Å²) in [4.78, 5) is 23.2. The second kappa shape index (κ2) is 5.22. The molecule has 4 aromatic rings. The summed E-state index contributed by atoms with van der Waals surface area (Å²) >= 11 is 0. The molecule has 23 heavy (non-hydrogen) atoms. The number of carbonyl (C=O) groups excluding carboxylic acids is 1. The van der Waals surface area contributed by atoms with E-state index in [2.05, 4.69) is 20.3 Å². The Hall–Kier alpha value is -3.19. The van der Waals surface area contributed by atoms with Crippen molar-refractivity contribution in [1.82, 2.24) is 19.5 Å². The van der Waals surface area contributed by atoms with E-state index in [9.17, 15) is 4.79 Å². The molecule has 0 saturated carbocycles. The number of carbonyl (C=O) groups is 1. The molecule has 1 amide bonds. The van der Waals surface area contributed by atoms with Gasteiger partial charge in [-0.3, -0.25) is 4.79 Å². The van der Waals surface area contributed by atoms with E-state index in [4.69, 9.17) is 5.73 Å². The number of H-pyrrole nitrogens is 1. The smallest absolute Gasteiger partial charge is 0.238 e. The number of nitrogens with zero attached hydrogens (tertiary/aromatic N) is 3. The highest BCUT2D eigenvalue weighted by Gasteiger charge is 2.10. The van der Waals surface area contributed by atoms with Crippen molar-refractivity contribution in [1.29, 1.82) is 0 Å². The summed E-state index contributed by atoms with van der Waals surface area (Å²) in [5.74, 6) is 0.519. The summed E-state index contributed by atoms with van der Waals surface area (Å²) in [5.41, 5.74) is 7.79. The first-order valence-corrected chi connectivity index (χ1v) is 7.16. The fourth-order valence-electron chi connectivity index (χ4n) is 2.63. The van der Waals surface area contributed by atoms with Crippen molar-refractivity contribution in [2.45, 2.75) is 0 Å². The first-order valence-electron chi connectivity index (χ1n) is 7.16. The van der Waals surface area contributed by atoms with Gasteiger partial charge in [0.1, 0.15) is 11.5 Å². The van der Waals surface area contributed by atoms with Gasteiger partial charge in [-0.25, -0.2) is 9.97 Å². The monoisotopic (exact) mass is 306 g/mol. The summed E-state index contributed by atoms with van der Waals surface area (Å²) in [6, 6.07) is 7.65. The van der Waals surface area contributed by atoms with Crippen LogP contribution in [0.5, 0.6) is 0 Å². The number of nitrogens with one attached hydrogen (secondary N) is 2. The maximum Gasteiger partial charge on any atom is 0.238 e. The number of rotatable bonds is 3. The molecule has 0 saturated heterocycles. The first-order chi connectivity index (χ1) is 11.3. The number of amides is 1. The molecule has 4 heterocycles. The van der Waals surface area contributed by atoms with E-state index in [0.717, 1.165) is 27.8 Å². The van der Waals surface area contributed by atoms with E-state index in [0.29, 0.717) is 5.69 Å². The van der Waals surface area contributed by atoms with Crippen molar-refractivity contribution in [3.05, 3.63) is 49.1 Å². The van der Waals surface area contributed by atoms with Gasteiger partial charge >= 0.3 is 0 Å². The molecule has 0 fully saturated rings. The second-order valence-corrected chi connectivity index (χ2v) is 5.15. The quantitative estimate of drug-likeness (QED) is 0.537. The van der Waals surface area contributed by atoms with Crippen LogP contribution in [0.25, 0.3) is 27.8 Å². The molecular formula is C16H14N6O. The van der Waals surface area contributed by atoms with Crippen LogP contribution in [-0.4, -0.2) is 32.0 Å². The van der Waals surface area contributed by atoms with Crippen LogP contribution in [-0.2, 0) is 4.79 Å². The lowest BCUT2D eigenvalue weighted by Gasteiger charge is -2.07. The SMILES string of the molecule is NCC(=O)Nc1ccc(-n2ccc3cnc4[nH]ccc4c32)nc1. The number of aromatic amines is 1. The molecule has 0 bridgehead atoms. The Morgan fingerprint density at radius 1 is 1.22 bits per heavy atom. The van der Waals surface area contributed by atoms with Crippen LogP contribution in [0.15, 0.2) is 49.1 Å². The van der Waals surface area contributed by atoms with E-state index in [1.807, 2.05) is 41.4 Å². The lowest BCUT2D eigenvalue weighted by atomic mass is 10.2. The zero-order chi connectivity index (χ0) is 15.8. The summed E-state index contributed by atoms with van der Waals surface area (Å²) < 4.78 is 2.00. The predicted molar refractivity (Wildman–Crippen MR) is 88.4 cm³/mol. The zero-order valence-corrected chi connectivity index (χ0v) is 12.2. The molecule has 0 radical (unpaired) electrons. The summed E-state index contributed by atoms with van der Waals surface area (Å²) in [7, 11) is 0. The van der Waals surface area contributed by atoms with Crippen LogP contribution in [0.1, 0.15) is 0 Å². The Morgan fingerprint density at radius 3 is 2.91 bits per heavy atom. The Kier molecular flexibility index (Phi) is 3.06. The zero-order valence-electron chi connectivity index (χ0n) is 12.2. The number of hydrogen-bond donors (Lipinski definition) is 3. The molecule has 7 heteroatoms. The van der Waals surface area contributed by atoms with E-state index < -0.39 is 0 Å². The number of pyridine rings is 2. The molecule has 114 valence electrons. The minimum absolute atomic E-state index is 0.0531. The predicted octanol–water partition coefficient (Wildman–Crippen LogP) is 1.80. The highest BCUT2D eigenvalue weighted by atomic mass is 16.1. The van der Waals surface area contributed by atoms with Crippen LogP contribution in [0.3, 0.4) is 0 Å². The van der Waals surface area contributed by atoms with Gasteiger partial charge in [0.05, 0.1) is 23.9 Å². The lowest BCUT2D eigenvalue weighted by molar-refractivity contribution is -0.114.